The number of hydrogen-bond donors (Lipinski definition) is 2. The molecule has 20 heavy (non-hydrogen) atoms. The molecule has 1 saturated heterocycles. The number of carboxylic acid groups (broad SMARTS) is 1. The summed E-state index contributed by atoms with van der Waals surface area (Å²) in [5.41, 5.74) is 0.00453. The van der Waals surface area contributed by atoms with Gasteiger partial charge < -0.3 is 5.11 Å². The van der Waals surface area contributed by atoms with Gasteiger partial charge in [-0.1, -0.05) is 0 Å². The number of rotatable bonds is 5. The van der Waals surface area contributed by atoms with Crippen molar-refractivity contribution in [1.82, 2.24) is 4.72 Å². The lowest BCUT2D eigenvalue weighted by atomic mass is 10.1. The number of hydrogen-bond acceptors (Lipinski definition) is 4. The molecule has 0 radical (unpaired) electrons. The van der Waals surface area contributed by atoms with Crippen molar-refractivity contribution in [3.63, 3.8) is 0 Å². The largest absolute Gasteiger partial charge is 0.478 e. The lowest BCUT2D eigenvalue weighted by molar-refractivity contribution is 0.0695. The predicted octanol–water partition coefficient (Wildman–Crippen LogP) is 2.02. The maximum absolute atomic E-state index is 12.2. The van der Waals surface area contributed by atoms with E-state index in [1.165, 1.54) is 18.2 Å². The first kappa shape index (κ1) is 16.1. The Kier molecular flexibility index (Phi) is 5.32. The van der Waals surface area contributed by atoms with Crippen LogP contribution in [0.1, 0.15) is 16.8 Å². The van der Waals surface area contributed by atoms with Crippen LogP contribution in [-0.4, -0.2) is 37.5 Å². The highest BCUT2D eigenvalue weighted by Gasteiger charge is 2.21. The molecule has 2 rings (SSSR count). The number of nitrogens with one attached hydrogen (secondary N) is 1. The number of halogens is 1. The summed E-state index contributed by atoms with van der Waals surface area (Å²) in [5.74, 6) is 1.27. The fourth-order valence-corrected chi connectivity index (χ4v) is 4.88. The van der Waals surface area contributed by atoms with Crippen LogP contribution in [0.25, 0.3) is 0 Å². The van der Waals surface area contributed by atoms with Crippen LogP contribution in [0, 0.1) is 9.49 Å². The zero-order chi connectivity index (χ0) is 14.8. The van der Waals surface area contributed by atoms with Crippen molar-refractivity contribution in [3.05, 3.63) is 27.3 Å². The summed E-state index contributed by atoms with van der Waals surface area (Å²) in [7, 11) is -3.65. The van der Waals surface area contributed by atoms with E-state index >= 15 is 0 Å². The van der Waals surface area contributed by atoms with Crippen molar-refractivity contribution in [1.29, 1.82) is 0 Å². The van der Waals surface area contributed by atoms with Gasteiger partial charge in [-0.2, -0.15) is 11.8 Å². The number of aromatic carboxylic acids is 1. The van der Waals surface area contributed by atoms with Gasteiger partial charge in [-0.15, -0.1) is 0 Å². The van der Waals surface area contributed by atoms with E-state index in [-0.39, 0.29) is 10.5 Å². The quantitative estimate of drug-likeness (QED) is 0.703. The van der Waals surface area contributed by atoms with Crippen molar-refractivity contribution in [2.75, 3.05) is 18.1 Å². The van der Waals surface area contributed by atoms with Crippen LogP contribution in [0.15, 0.2) is 23.1 Å². The van der Waals surface area contributed by atoms with Crippen LogP contribution < -0.4 is 4.72 Å². The van der Waals surface area contributed by atoms with Gasteiger partial charge in [0, 0.05) is 10.1 Å². The molecular weight excluding hydrogens is 413 g/mol. The maximum Gasteiger partial charge on any atom is 0.336 e. The summed E-state index contributed by atoms with van der Waals surface area (Å²) in [4.78, 5) is 11.0. The third-order valence-electron chi connectivity index (χ3n) is 3.06. The SMILES string of the molecule is O=C(O)c1cc(S(=O)(=O)NCC2CCSC2)ccc1I. The van der Waals surface area contributed by atoms with Gasteiger partial charge in [0.2, 0.25) is 10.0 Å². The van der Waals surface area contributed by atoms with E-state index in [0.29, 0.717) is 16.0 Å². The molecule has 5 nitrogen and oxygen atoms in total. The summed E-state index contributed by atoms with van der Waals surface area (Å²) in [5, 5.41) is 9.04. The average Bonchev–Trinajstić information content (AvgIpc) is 2.89. The molecule has 0 amide bonds. The van der Waals surface area contributed by atoms with Gasteiger partial charge in [0.1, 0.15) is 0 Å². The summed E-state index contributed by atoms with van der Waals surface area (Å²) in [6.45, 7) is 0.406. The molecule has 0 aromatic heterocycles. The second-order valence-electron chi connectivity index (χ2n) is 4.53. The molecule has 1 aliphatic heterocycles. The van der Waals surface area contributed by atoms with Crippen molar-refractivity contribution >= 4 is 50.3 Å². The number of carboxylic acids is 1. The Balaban J connectivity index is 2.16. The molecule has 2 N–H and O–H groups in total. The van der Waals surface area contributed by atoms with E-state index in [1.54, 1.807) is 0 Å². The summed E-state index contributed by atoms with van der Waals surface area (Å²) in [6, 6.07) is 4.14. The highest BCUT2D eigenvalue weighted by Crippen LogP contribution is 2.23. The summed E-state index contributed by atoms with van der Waals surface area (Å²) >= 11 is 3.70. The second-order valence-corrected chi connectivity index (χ2v) is 8.61. The van der Waals surface area contributed by atoms with Gasteiger partial charge in [-0.05, 0) is 64.6 Å². The molecule has 8 heteroatoms. The monoisotopic (exact) mass is 427 g/mol. The molecule has 1 unspecified atom stereocenters. The maximum atomic E-state index is 12.2. The number of benzene rings is 1. The van der Waals surface area contributed by atoms with Gasteiger partial charge >= 0.3 is 5.97 Å². The molecule has 1 atom stereocenters. The Morgan fingerprint density at radius 2 is 2.25 bits per heavy atom. The van der Waals surface area contributed by atoms with Gasteiger partial charge in [-0.3, -0.25) is 0 Å². The molecule has 1 aliphatic rings. The van der Waals surface area contributed by atoms with Crippen LogP contribution in [0.5, 0.6) is 0 Å². The number of sulfonamides is 1. The van der Waals surface area contributed by atoms with E-state index in [2.05, 4.69) is 4.72 Å². The minimum Gasteiger partial charge on any atom is -0.478 e. The van der Waals surface area contributed by atoms with Gasteiger partial charge in [0.05, 0.1) is 10.5 Å². The zero-order valence-electron chi connectivity index (χ0n) is 10.5. The summed E-state index contributed by atoms with van der Waals surface area (Å²) < 4.78 is 27.4. The van der Waals surface area contributed by atoms with Crippen LogP contribution in [0.2, 0.25) is 0 Å². The highest BCUT2D eigenvalue weighted by molar-refractivity contribution is 14.1. The first-order valence-corrected chi connectivity index (χ1v) is 9.72. The Morgan fingerprint density at radius 3 is 2.85 bits per heavy atom. The summed E-state index contributed by atoms with van der Waals surface area (Å²) in [6.07, 6.45) is 1.01. The molecule has 1 fully saturated rings. The third-order valence-corrected chi connectivity index (χ3v) is 6.66. The average molecular weight is 427 g/mol. The topological polar surface area (TPSA) is 83.5 Å². The van der Waals surface area contributed by atoms with Gasteiger partial charge in [-0.25, -0.2) is 17.9 Å². The van der Waals surface area contributed by atoms with Crippen molar-refractivity contribution in [3.8, 4) is 0 Å². The predicted molar refractivity (Wildman–Crippen MR) is 86.7 cm³/mol. The Morgan fingerprint density at radius 1 is 1.50 bits per heavy atom. The molecular formula is C12H14INO4S2. The number of thioether (sulfide) groups is 1. The van der Waals surface area contributed by atoms with E-state index in [0.717, 1.165) is 17.9 Å². The van der Waals surface area contributed by atoms with Crippen LogP contribution >= 0.6 is 34.4 Å². The van der Waals surface area contributed by atoms with Crippen molar-refractivity contribution < 1.29 is 18.3 Å². The Labute approximate surface area is 135 Å². The van der Waals surface area contributed by atoms with Crippen LogP contribution in [0.4, 0.5) is 0 Å². The van der Waals surface area contributed by atoms with E-state index in [4.69, 9.17) is 5.11 Å². The fourth-order valence-electron chi connectivity index (χ4n) is 1.89. The molecule has 0 saturated carbocycles. The van der Waals surface area contributed by atoms with Crippen molar-refractivity contribution in [2.45, 2.75) is 11.3 Å². The highest BCUT2D eigenvalue weighted by atomic mass is 127. The molecule has 0 spiro atoms. The second kappa shape index (κ2) is 6.63. The van der Waals surface area contributed by atoms with Crippen molar-refractivity contribution in [2.24, 2.45) is 5.92 Å². The van der Waals surface area contributed by atoms with Crippen LogP contribution in [-0.2, 0) is 10.0 Å². The first-order chi connectivity index (χ1) is 9.40. The standard InChI is InChI=1S/C12H14INO4S2/c13-11-2-1-9(5-10(11)12(15)16)20(17,18)14-6-8-3-4-19-7-8/h1-2,5,8,14H,3-4,6-7H2,(H,15,16). The molecule has 110 valence electrons. The van der Waals surface area contributed by atoms with E-state index in [9.17, 15) is 13.2 Å². The van der Waals surface area contributed by atoms with Crippen LogP contribution in [0.3, 0.4) is 0 Å². The van der Waals surface area contributed by atoms with Gasteiger partial charge in [0.25, 0.3) is 0 Å². The zero-order valence-corrected chi connectivity index (χ0v) is 14.3. The number of carbonyl (C=O) groups is 1. The molecule has 0 bridgehead atoms. The Bertz CT molecular complexity index is 612. The normalized spacial score (nSPS) is 19.1. The molecule has 1 aromatic rings. The minimum atomic E-state index is -3.65. The smallest absolute Gasteiger partial charge is 0.336 e. The minimum absolute atomic E-state index is 0.000894. The van der Waals surface area contributed by atoms with E-state index < -0.39 is 16.0 Å². The molecule has 1 aromatic carbocycles. The first-order valence-electron chi connectivity index (χ1n) is 6.00. The lowest BCUT2D eigenvalue weighted by Crippen LogP contribution is -2.29. The van der Waals surface area contributed by atoms with E-state index in [1.807, 2.05) is 34.4 Å². The molecule has 1 heterocycles. The fraction of sp³-hybridized carbons (Fsp3) is 0.417. The third kappa shape index (κ3) is 3.86. The lowest BCUT2D eigenvalue weighted by Gasteiger charge is -2.11. The molecule has 0 aliphatic carbocycles. The Hall–Kier alpha value is -0.320. The van der Waals surface area contributed by atoms with Gasteiger partial charge in [0.15, 0.2) is 0 Å².